The number of halogens is 2. The topological polar surface area (TPSA) is 34.1 Å². The molecule has 0 radical (unpaired) electrons. The van der Waals surface area contributed by atoms with Crippen molar-refractivity contribution in [3.05, 3.63) is 34.3 Å². The highest BCUT2D eigenvalue weighted by atomic mass is 35.5. The minimum absolute atomic E-state index is 0.228. The fourth-order valence-corrected chi connectivity index (χ4v) is 1.15. The van der Waals surface area contributed by atoms with Gasteiger partial charge in [0.2, 0.25) is 0 Å². The molecule has 0 atom stereocenters. The van der Waals surface area contributed by atoms with Gasteiger partial charge in [-0.05, 0) is 29.8 Å². The monoisotopic (exact) mass is 202 g/mol. The van der Waals surface area contributed by atoms with Crippen LogP contribution in [-0.2, 0) is 0 Å². The Labute approximate surface area is 79.1 Å². The van der Waals surface area contributed by atoms with Crippen molar-refractivity contribution in [2.75, 3.05) is 0 Å². The van der Waals surface area contributed by atoms with Gasteiger partial charge >= 0.3 is 0 Å². The van der Waals surface area contributed by atoms with Crippen LogP contribution < -0.4 is 0 Å². The van der Waals surface area contributed by atoms with Gasteiger partial charge < -0.3 is 0 Å². The summed E-state index contributed by atoms with van der Waals surface area (Å²) < 4.78 is 0. The summed E-state index contributed by atoms with van der Waals surface area (Å²) in [6.07, 6.45) is 0.606. The minimum atomic E-state index is -0.624. The smallest absolute Gasteiger partial charge is 0.252 e. The first-order chi connectivity index (χ1) is 5.63. The summed E-state index contributed by atoms with van der Waals surface area (Å²) in [6.45, 7) is 0. The Hall–Kier alpha value is -0.860. The van der Waals surface area contributed by atoms with E-state index in [1.165, 1.54) is 18.2 Å². The molecule has 0 aromatic heterocycles. The third-order valence-corrected chi connectivity index (χ3v) is 1.72. The molecule has 2 nitrogen and oxygen atoms in total. The lowest BCUT2D eigenvalue weighted by atomic mass is 10.1. The van der Waals surface area contributed by atoms with Crippen molar-refractivity contribution >= 4 is 34.7 Å². The molecule has 4 heteroatoms. The van der Waals surface area contributed by atoms with E-state index in [0.29, 0.717) is 16.9 Å². The second-order valence-electron chi connectivity index (χ2n) is 2.16. The van der Waals surface area contributed by atoms with Gasteiger partial charge in [-0.3, -0.25) is 9.59 Å². The maximum Gasteiger partial charge on any atom is 0.252 e. The fourth-order valence-electron chi connectivity index (χ4n) is 0.794. The van der Waals surface area contributed by atoms with E-state index >= 15 is 0 Å². The van der Waals surface area contributed by atoms with Crippen LogP contribution in [0, 0.1) is 0 Å². The third kappa shape index (κ3) is 2.06. The highest BCUT2D eigenvalue weighted by Gasteiger charge is 2.04. The fraction of sp³-hybridized carbons (Fsp3) is 0. The molecule has 0 spiro atoms. The quantitative estimate of drug-likeness (QED) is 0.546. The molecule has 0 heterocycles. The first-order valence-electron chi connectivity index (χ1n) is 3.09. The summed E-state index contributed by atoms with van der Waals surface area (Å²) in [5.74, 6) is 0. The number of rotatable bonds is 2. The van der Waals surface area contributed by atoms with Gasteiger partial charge in [0.05, 0.1) is 0 Å². The van der Waals surface area contributed by atoms with E-state index in [1.54, 1.807) is 0 Å². The van der Waals surface area contributed by atoms with E-state index in [0.717, 1.165) is 0 Å². The Bertz CT molecular complexity index is 334. The standard InChI is InChI=1S/C8H4Cl2O2/c9-7-2-5(4-11)1-6(3-7)8(10)12/h1-4H. The van der Waals surface area contributed by atoms with Crippen LogP contribution in [0.25, 0.3) is 0 Å². The van der Waals surface area contributed by atoms with Crippen LogP contribution in [0.3, 0.4) is 0 Å². The van der Waals surface area contributed by atoms with Crippen LogP contribution in [0.4, 0.5) is 0 Å². The van der Waals surface area contributed by atoms with Crippen LogP contribution in [0.15, 0.2) is 18.2 Å². The molecule has 0 aliphatic carbocycles. The Morgan fingerprint density at radius 3 is 2.50 bits per heavy atom. The van der Waals surface area contributed by atoms with Gasteiger partial charge in [-0.1, -0.05) is 11.6 Å². The van der Waals surface area contributed by atoms with Gasteiger partial charge in [0, 0.05) is 16.1 Å². The summed E-state index contributed by atoms with van der Waals surface area (Å²) in [5.41, 5.74) is 0.567. The number of aldehydes is 1. The van der Waals surface area contributed by atoms with Gasteiger partial charge in [-0.2, -0.15) is 0 Å². The van der Waals surface area contributed by atoms with Gasteiger partial charge in [0.25, 0.3) is 5.24 Å². The van der Waals surface area contributed by atoms with Crippen molar-refractivity contribution in [1.82, 2.24) is 0 Å². The lowest BCUT2D eigenvalue weighted by Gasteiger charge is -1.96. The van der Waals surface area contributed by atoms with Crippen LogP contribution >= 0.6 is 23.2 Å². The first-order valence-corrected chi connectivity index (χ1v) is 3.84. The largest absolute Gasteiger partial charge is 0.298 e. The molecule has 0 saturated carbocycles. The van der Waals surface area contributed by atoms with Gasteiger partial charge in [-0.25, -0.2) is 0 Å². The normalized spacial score (nSPS) is 9.50. The van der Waals surface area contributed by atoms with E-state index < -0.39 is 5.24 Å². The Morgan fingerprint density at radius 2 is 2.00 bits per heavy atom. The van der Waals surface area contributed by atoms with Crippen molar-refractivity contribution in [3.8, 4) is 0 Å². The molecule has 1 aromatic carbocycles. The Morgan fingerprint density at radius 1 is 1.33 bits per heavy atom. The van der Waals surface area contributed by atoms with Crippen LogP contribution in [0.5, 0.6) is 0 Å². The zero-order valence-corrected chi connectivity index (χ0v) is 7.39. The second kappa shape index (κ2) is 3.70. The molecule has 1 rings (SSSR count). The predicted molar refractivity (Wildman–Crippen MR) is 47.0 cm³/mol. The van der Waals surface area contributed by atoms with Crippen LogP contribution in [0.1, 0.15) is 20.7 Å². The predicted octanol–water partition coefficient (Wildman–Crippen LogP) is 2.53. The van der Waals surface area contributed by atoms with Gasteiger partial charge in [-0.15, -0.1) is 0 Å². The molecule has 0 aliphatic rings. The number of hydrogen-bond donors (Lipinski definition) is 0. The third-order valence-electron chi connectivity index (χ3n) is 1.28. The molecule has 12 heavy (non-hydrogen) atoms. The molecule has 62 valence electrons. The van der Waals surface area contributed by atoms with Crippen molar-refractivity contribution in [3.63, 3.8) is 0 Å². The van der Waals surface area contributed by atoms with Crippen molar-refractivity contribution in [2.45, 2.75) is 0 Å². The number of carbonyl (C=O) groups excluding carboxylic acids is 2. The summed E-state index contributed by atoms with van der Waals surface area (Å²) in [6, 6.07) is 4.25. The lowest BCUT2D eigenvalue weighted by molar-refractivity contribution is 0.108. The molecule has 0 fully saturated rings. The lowest BCUT2D eigenvalue weighted by Crippen LogP contribution is -1.91. The van der Waals surface area contributed by atoms with Crippen molar-refractivity contribution in [2.24, 2.45) is 0 Å². The van der Waals surface area contributed by atoms with Crippen molar-refractivity contribution < 1.29 is 9.59 Å². The van der Waals surface area contributed by atoms with E-state index in [9.17, 15) is 9.59 Å². The summed E-state index contributed by atoms with van der Waals surface area (Å²) in [4.78, 5) is 21.0. The SMILES string of the molecule is O=Cc1cc(Cl)cc(C(=O)Cl)c1. The molecular weight excluding hydrogens is 199 g/mol. The maximum absolute atomic E-state index is 10.7. The van der Waals surface area contributed by atoms with Crippen molar-refractivity contribution in [1.29, 1.82) is 0 Å². The summed E-state index contributed by atoms with van der Waals surface area (Å²) in [5, 5.41) is -0.302. The minimum Gasteiger partial charge on any atom is -0.298 e. The Kier molecular flexibility index (Phi) is 2.84. The summed E-state index contributed by atoms with van der Waals surface area (Å²) >= 11 is 10.8. The van der Waals surface area contributed by atoms with Crippen LogP contribution in [-0.4, -0.2) is 11.5 Å². The first kappa shape index (κ1) is 9.23. The van der Waals surface area contributed by atoms with E-state index in [2.05, 4.69) is 0 Å². The van der Waals surface area contributed by atoms with E-state index in [1.807, 2.05) is 0 Å². The molecule has 0 N–H and O–H groups in total. The molecule has 0 bridgehead atoms. The molecule has 0 amide bonds. The summed E-state index contributed by atoms with van der Waals surface area (Å²) in [7, 11) is 0. The molecule has 0 saturated heterocycles. The second-order valence-corrected chi connectivity index (χ2v) is 2.94. The van der Waals surface area contributed by atoms with E-state index in [4.69, 9.17) is 23.2 Å². The van der Waals surface area contributed by atoms with Gasteiger partial charge in [0.1, 0.15) is 6.29 Å². The van der Waals surface area contributed by atoms with Crippen LogP contribution in [0.2, 0.25) is 5.02 Å². The molecule has 0 unspecified atom stereocenters. The zero-order valence-electron chi connectivity index (χ0n) is 5.88. The molecule has 0 aliphatic heterocycles. The average molecular weight is 203 g/mol. The maximum atomic E-state index is 10.7. The Balaban J connectivity index is 3.23. The number of hydrogen-bond acceptors (Lipinski definition) is 2. The number of carbonyl (C=O) groups is 2. The molecule has 1 aromatic rings. The van der Waals surface area contributed by atoms with E-state index in [-0.39, 0.29) is 5.56 Å². The highest BCUT2D eigenvalue weighted by Crippen LogP contribution is 2.15. The highest BCUT2D eigenvalue weighted by molar-refractivity contribution is 6.67. The van der Waals surface area contributed by atoms with Gasteiger partial charge in [0.15, 0.2) is 0 Å². The zero-order chi connectivity index (χ0) is 9.14. The number of benzene rings is 1. The average Bonchev–Trinajstić information content (AvgIpc) is 2.03. The molecular formula is C8H4Cl2O2.